The monoisotopic (exact) mass is 463 g/mol. The number of carbonyl (C=O) groups excluding carboxylic acids is 1. The van der Waals surface area contributed by atoms with E-state index < -0.39 is 11.9 Å². The Kier molecular flexibility index (Phi) is 6.21. The second-order valence-electron chi connectivity index (χ2n) is 8.05. The van der Waals surface area contributed by atoms with Gasteiger partial charge in [-0.15, -0.1) is 0 Å². The number of aromatic nitrogens is 4. The largest absolute Gasteiger partial charge is 0.458 e. The molecule has 9 nitrogen and oxygen atoms in total. The highest BCUT2D eigenvalue weighted by atomic mass is 19.4. The molecular formula is C21H24F3N7O2. The standard InChI is InChI=1S/C21H24F3N7O2/c1-13-10-16(21(22,23)24)28-31(13)18-11-17(26-20(27-18)15-5-4-14(2)33-15)25-19(32)12-30-8-6-29(3)7-9-30/h4-5,10-11H,6-9,12H2,1-3H3,(H,25,26,27,32). The van der Waals surface area contributed by atoms with Crippen molar-refractivity contribution in [2.24, 2.45) is 0 Å². The summed E-state index contributed by atoms with van der Waals surface area (Å²) in [5.41, 5.74) is -0.799. The van der Waals surface area contributed by atoms with E-state index >= 15 is 0 Å². The number of alkyl halides is 3. The molecule has 0 saturated carbocycles. The number of nitrogens with one attached hydrogen (secondary N) is 1. The fraction of sp³-hybridized carbons (Fsp3) is 0.429. The van der Waals surface area contributed by atoms with E-state index in [1.165, 1.54) is 13.0 Å². The van der Waals surface area contributed by atoms with Crippen molar-refractivity contribution in [3.8, 4) is 17.4 Å². The molecule has 0 bridgehead atoms. The van der Waals surface area contributed by atoms with Crippen LogP contribution >= 0.6 is 0 Å². The second kappa shape index (κ2) is 8.94. The van der Waals surface area contributed by atoms with Gasteiger partial charge in [0, 0.05) is 37.9 Å². The zero-order chi connectivity index (χ0) is 23.8. The first-order valence-electron chi connectivity index (χ1n) is 10.4. The molecule has 0 radical (unpaired) electrons. The highest BCUT2D eigenvalue weighted by Crippen LogP contribution is 2.30. The van der Waals surface area contributed by atoms with Crippen LogP contribution in [0.4, 0.5) is 19.0 Å². The van der Waals surface area contributed by atoms with Crippen LogP contribution in [0.25, 0.3) is 17.4 Å². The first-order chi connectivity index (χ1) is 15.6. The van der Waals surface area contributed by atoms with Gasteiger partial charge in [-0.05, 0) is 39.1 Å². The second-order valence-corrected chi connectivity index (χ2v) is 8.05. The number of hydrogen-bond donors (Lipinski definition) is 1. The predicted octanol–water partition coefficient (Wildman–Crippen LogP) is 2.74. The van der Waals surface area contributed by atoms with Crippen molar-refractivity contribution in [1.29, 1.82) is 0 Å². The Bertz CT molecular complexity index is 1150. The van der Waals surface area contributed by atoms with Crippen LogP contribution in [0, 0.1) is 13.8 Å². The molecule has 0 atom stereocenters. The Morgan fingerprint density at radius 1 is 1.12 bits per heavy atom. The van der Waals surface area contributed by atoms with Crippen LogP contribution < -0.4 is 5.32 Å². The minimum atomic E-state index is -4.59. The van der Waals surface area contributed by atoms with Crippen LogP contribution in [0.15, 0.2) is 28.7 Å². The summed E-state index contributed by atoms with van der Waals surface area (Å²) in [5.74, 6) is 1.01. The smallest absolute Gasteiger partial charge is 0.435 e. The van der Waals surface area contributed by atoms with Gasteiger partial charge in [0.1, 0.15) is 11.6 Å². The number of piperazine rings is 1. The Morgan fingerprint density at radius 2 is 1.85 bits per heavy atom. The Labute approximate surface area is 188 Å². The number of anilines is 1. The highest BCUT2D eigenvalue weighted by Gasteiger charge is 2.34. The van der Waals surface area contributed by atoms with Gasteiger partial charge in [0.2, 0.25) is 5.91 Å². The number of rotatable bonds is 5. The van der Waals surface area contributed by atoms with Gasteiger partial charge >= 0.3 is 6.18 Å². The lowest BCUT2D eigenvalue weighted by Crippen LogP contribution is -2.47. The molecule has 0 aromatic carbocycles. The number of halogens is 3. The molecule has 1 N–H and O–H groups in total. The van der Waals surface area contributed by atoms with Gasteiger partial charge in [-0.25, -0.2) is 14.6 Å². The molecule has 3 aromatic rings. The van der Waals surface area contributed by atoms with Gasteiger partial charge in [0.25, 0.3) is 0 Å². The van der Waals surface area contributed by atoms with Crippen molar-refractivity contribution in [1.82, 2.24) is 29.5 Å². The minimum absolute atomic E-state index is 0.0805. The molecule has 1 aliphatic heterocycles. The van der Waals surface area contributed by atoms with Crippen molar-refractivity contribution < 1.29 is 22.4 Å². The summed E-state index contributed by atoms with van der Waals surface area (Å²) in [5, 5.41) is 6.39. The summed E-state index contributed by atoms with van der Waals surface area (Å²) in [6.07, 6.45) is -4.59. The fourth-order valence-corrected chi connectivity index (χ4v) is 3.51. The van der Waals surface area contributed by atoms with E-state index in [0.717, 1.165) is 36.9 Å². The summed E-state index contributed by atoms with van der Waals surface area (Å²) >= 11 is 0. The van der Waals surface area contributed by atoms with Crippen LogP contribution in [-0.4, -0.2) is 75.2 Å². The third-order valence-corrected chi connectivity index (χ3v) is 5.30. The fourth-order valence-electron chi connectivity index (χ4n) is 3.51. The molecule has 4 heterocycles. The lowest BCUT2D eigenvalue weighted by atomic mass is 10.3. The average Bonchev–Trinajstić information content (AvgIpc) is 3.35. The molecule has 0 aliphatic carbocycles. The van der Waals surface area contributed by atoms with Crippen molar-refractivity contribution in [3.63, 3.8) is 0 Å². The molecule has 33 heavy (non-hydrogen) atoms. The molecule has 176 valence electrons. The lowest BCUT2D eigenvalue weighted by molar-refractivity contribution is -0.141. The average molecular weight is 463 g/mol. The lowest BCUT2D eigenvalue weighted by Gasteiger charge is -2.31. The molecule has 1 amide bonds. The van der Waals surface area contributed by atoms with Crippen molar-refractivity contribution in [2.45, 2.75) is 20.0 Å². The molecule has 0 spiro atoms. The quantitative estimate of drug-likeness (QED) is 0.622. The summed E-state index contributed by atoms with van der Waals surface area (Å²) in [4.78, 5) is 25.5. The number of hydrogen-bond acceptors (Lipinski definition) is 7. The van der Waals surface area contributed by atoms with E-state index in [1.807, 2.05) is 11.9 Å². The Hall–Kier alpha value is -3.25. The number of likely N-dealkylation sites (N-methyl/N-ethyl adjacent to an activating group) is 1. The number of carbonyl (C=O) groups is 1. The maximum absolute atomic E-state index is 13.2. The molecule has 12 heteroatoms. The van der Waals surface area contributed by atoms with E-state index in [4.69, 9.17) is 4.42 Å². The predicted molar refractivity (Wildman–Crippen MR) is 114 cm³/mol. The van der Waals surface area contributed by atoms with Crippen LogP contribution in [0.1, 0.15) is 17.1 Å². The molecule has 0 unspecified atom stereocenters. The van der Waals surface area contributed by atoms with Crippen molar-refractivity contribution in [3.05, 3.63) is 41.4 Å². The van der Waals surface area contributed by atoms with E-state index in [-0.39, 0.29) is 35.6 Å². The maximum atomic E-state index is 13.2. The van der Waals surface area contributed by atoms with Crippen LogP contribution in [-0.2, 0) is 11.0 Å². The molecule has 3 aromatic heterocycles. The van der Waals surface area contributed by atoms with E-state index in [9.17, 15) is 18.0 Å². The molecule has 1 fully saturated rings. The van der Waals surface area contributed by atoms with E-state index in [2.05, 4.69) is 25.3 Å². The van der Waals surface area contributed by atoms with Crippen LogP contribution in [0.3, 0.4) is 0 Å². The summed E-state index contributed by atoms with van der Waals surface area (Å²) < 4.78 is 46.1. The minimum Gasteiger partial charge on any atom is -0.458 e. The van der Waals surface area contributed by atoms with Gasteiger partial charge in [-0.3, -0.25) is 9.69 Å². The highest BCUT2D eigenvalue weighted by molar-refractivity contribution is 5.91. The summed E-state index contributed by atoms with van der Waals surface area (Å²) in [6.45, 7) is 6.69. The van der Waals surface area contributed by atoms with Gasteiger partial charge in [-0.1, -0.05) is 0 Å². The third-order valence-electron chi connectivity index (χ3n) is 5.30. The number of amides is 1. The van der Waals surface area contributed by atoms with Gasteiger partial charge in [0.15, 0.2) is 23.1 Å². The van der Waals surface area contributed by atoms with Crippen molar-refractivity contribution >= 4 is 11.7 Å². The third kappa shape index (κ3) is 5.40. The Morgan fingerprint density at radius 3 is 2.45 bits per heavy atom. The molecular weight excluding hydrogens is 439 g/mol. The zero-order valence-electron chi connectivity index (χ0n) is 18.5. The number of furan rings is 1. The molecule has 4 rings (SSSR count). The number of nitrogens with zero attached hydrogens (tertiary/aromatic N) is 6. The first kappa shape index (κ1) is 22.9. The van der Waals surface area contributed by atoms with Crippen LogP contribution in [0.5, 0.6) is 0 Å². The zero-order valence-corrected chi connectivity index (χ0v) is 18.5. The van der Waals surface area contributed by atoms with Gasteiger partial charge < -0.3 is 14.6 Å². The topological polar surface area (TPSA) is 92.3 Å². The number of aryl methyl sites for hydroxylation is 2. The van der Waals surface area contributed by atoms with Gasteiger partial charge in [-0.2, -0.15) is 18.3 Å². The summed E-state index contributed by atoms with van der Waals surface area (Å²) in [7, 11) is 2.03. The van der Waals surface area contributed by atoms with E-state index in [1.54, 1.807) is 19.1 Å². The van der Waals surface area contributed by atoms with Crippen molar-refractivity contribution in [2.75, 3.05) is 45.1 Å². The normalized spacial score (nSPS) is 15.7. The molecule has 1 aliphatic rings. The van der Waals surface area contributed by atoms with Crippen LogP contribution in [0.2, 0.25) is 0 Å². The Balaban J connectivity index is 1.64. The SMILES string of the molecule is Cc1ccc(-c2nc(NC(=O)CN3CCN(C)CC3)cc(-n3nc(C(F)(F)F)cc3C)n2)o1. The maximum Gasteiger partial charge on any atom is 0.435 e. The summed E-state index contributed by atoms with van der Waals surface area (Å²) in [6, 6.07) is 5.70. The van der Waals surface area contributed by atoms with Gasteiger partial charge in [0.05, 0.1) is 6.54 Å². The van der Waals surface area contributed by atoms with E-state index in [0.29, 0.717) is 11.5 Å². The first-order valence-corrected chi connectivity index (χ1v) is 10.4. The molecule has 1 saturated heterocycles.